The summed E-state index contributed by atoms with van der Waals surface area (Å²) in [5.74, 6) is -11.3. The van der Waals surface area contributed by atoms with E-state index in [0.717, 1.165) is 12.3 Å². The Morgan fingerprint density at radius 2 is 1.56 bits per heavy atom. The molecule has 36 heavy (non-hydrogen) atoms. The lowest BCUT2D eigenvalue weighted by molar-refractivity contribution is -0.201. The van der Waals surface area contributed by atoms with E-state index in [-0.39, 0.29) is 39.5 Å². The van der Waals surface area contributed by atoms with Crippen molar-refractivity contribution in [1.29, 1.82) is 0 Å². The molecule has 1 heterocycles. The predicted octanol–water partition coefficient (Wildman–Crippen LogP) is 1.49. The molecule has 0 aliphatic rings. The van der Waals surface area contributed by atoms with Crippen molar-refractivity contribution in [1.82, 2.24) is 4.57 Å². The first-order chi connectivity index (χ1) is 16.8. The van der Waals surface area contributed by atoms with Gasteiger partial charge in [0.2, 0.25) is 23.0 Å². The molecular formula is C23H20ClNO11. The van der Waals surface area contributed by atoms with E-state index in [9.17, 15) is 50.1 Å². The van der Waals surface area contributed by atoms with Crippen molar-refractivity contribution in [3.63, 3.8) is 0 Å². The van der Waals surface area contributed by atoms with Crippen LogP contribution in [-0.2, 0) is 10.6 Å². The highest BCUT2D eigenvalue weighted by Gasteiger charge is 2.45. The SMILES string of the molecule is COc1cn(C(C=O)C(O)(O)c2c(O)c(O)c(O)c(O)c2O)c(=O)cc1-c1cc(Cl)ccc1C(C)=O. The molecule has 0 bridgehead atoms. The van der Waals surface area contributed by atoms with Crippen LogP contribution in [0.4, 0.5) is 0 Å². The average Bonchev–Trinajstić information content (AvgIpc) is 2.82. The number of benzene rings is 2. The van der Waals surface area contributed by atoms with Crippen LogP contribution in [0.2, 0.25) is 5.02 Å². The fourth-order valence-electron chi connectivity index (χ4n) is 3.70. The summed E-state index contributed by atoms with van der Waals surface area (Å²) in [5, 5.41) is 71.1. The number of ether oxygens (including phenoxy) is 1. The molecule has 1 aromatic heterocycles. The van der Waals surface area contributed by atoms with Crippen LogP contribution in [-0.4, -0.2) is 59.5 Å². The van der Waals surface area contributed by atoms with Gasteiger partial charge in [0.05, 0.1) is 13.3 Å². The Kier molecular flexibility index (Phi) is 6.89. The maximum Gasteiger partial charge on any atom is 0.252 e. The van der Waals surface area contributed by atoms with Crippen molar-refractivity contribution in [2.75, 3.05) is 7.11 Å². The number of phenols is 5. The van der Waals surface area contributed by atoms with E-state index >= 15 is 0 Å². The van der Waals surface area contributed by atoms with Gasteiger partial charge in [0, 0.05) is 22.2 Å². The summed E-state index contributed by atoms with van der Waals surface area (Å²) in [4.78, 5) is 37.1. The standard InChI is InChI=1S/C23H20ClNO11/c1-9(27)11-4-3-10(24)5-12(11)13-6-16(28)25(7-14(13)36-2)15(8-26)23(34,35)17-18(29)20(31)22(33)21(32)19(17)30/h3-8,15,29-35H,1-2H3. The molecule has 7 N–H and O–H groups in total. The molecule has 0 saturated carbocycles. The van der Waals surface area contributed by atoms with Gasteiger partial charge in [-0.05, 0) is 30.7 Å². The van der Waals surface area contributed by atoms with Crippen molar-refractivity contribution in [3.8, 4) is 45.6 Å². The van der Waals surface area contributed by atoms with Crippen LogP contribution >= 0.6 is 11.6 Å². The third-order valence-electron chi connectivity index (χ3n) is 5.49. The molecule has 0 aliphatic heterocycles. The number of hydrogen-bond donors (Lipinski definition) is 7. The zero-order valence-corrected chi connectivity index (χ0v) is 19.4. The third-order valence-corrected chi connectivity index (χ3v) is 5.73. The molecule has 12 nitrogen and oxygen atoms in total. The van der Waals surface area contributed by atoms with Crippen molar-refractivity contribution in [2.24, 2.45) is 0 Å². The Hall–Kier alpha value is -4.26. The molecular weight excluding hydrogens is 502 g/mol. The van der Waals surface area contributed by atoms with Gasteiger partial charge in [-0.3, -0.25) is 14.2 Å². The number of carbonyl (C=O) groups is 2. The number of ketones is 1. The summed E-state index contributed by atoms with van der Waals surface area (Å²) in [6.07, 6.45) is 0.775. The van der Waals surface area contributed by atoms with Crippen molar-refractivity contribution < 1.29 is 50.1 Å². The Balaban J connectivity index is 2.28. The van der Waals surface area contributed by atoms with Gasteiger partial charge in [-0.15, -0.1) is 0 Å². The molecule has 0 fully saturated rings. The molecule has 190 valence electrons. The van der Waals surface area contributed by atoms with E-state index in [1.54, 1.807) is 0 Å². The molecule has 0 saturated heterocycles. The monoisotopic (exact) mass is 521 g/mol. The van der Waals surface area contributed by atoms with Crippen molar-refractivity contribution >= 4 is 23.7 Å². The lowest BCUT2D eigenvalue weighted by Crippen LogP contribution is -2.42. The Morgan fingerprint density at radius 3 is 2.06 bits per heavy atom. The minimum atomic E-state index is -3.63. The maximum absolute atomic E-state index is 13.0. The largest absolute Gasteiger partial charge is 0.504 e. The van der Waals surface area contributed by atoms with E-state index in [0.29, 0.717) is 4.57 Å². The van der Waals surface area contributed by atoms with E-state index in [2.05, 4.69) is 0 Å². The summed E-state index contributed by atoms with van der Waals surface area (Å²) in [6, 6.07) is 2.92. The van der Waals surface area contributed by atoms with E-state index in [1.807, 2.05) is 0 Å². The number of aldehydes is 1. The average molecular weight is 522 g/mol. The molecule has 3 rings (SSSR count). The Morgan fingerprint density at radius 1 is 1.00 bits per heavy atom. The molecule has 13 heteroatoms. The lowest BCUT2D eigenvalue weighted by atomic mass is 9.94. The van der Waals surface area contributed by atoms with E-state index in [4.69, 9.17) is 16.3 Å². The summed E-state index contributed by atoms with van der Waals surface area (Å²) < 4.78 is 5.76. The topological polar surface area (TPSA) is 207 Å². The van der Waals surface area contributed by atoms with Crippen LogP contribution in [0.25, 0.3) is 11.1 Å². The lowest BCUT2D eigenvalue weighted by Gasteiger charge is -2.31. The van der Waals surface area contributed by atoms with Gasteiger partial charge in [0.1, 0.15) is 17.6 Å². The van der Waals surface area contributed by atoms with Gasteiger partial charge in [-0.1, -0.05) is 11.6 Å². The summed E-state index contributed by atoms with van der Waals surface area (Å²) in [5.41, 5.74) is -1.94. The minimum absolute atomic E-state index is 0.0724. The van der Waals surface area contributed by atoms with Gasteiger partial charge in [0.15, 0.2) is 23.3 Å². The van der Waals surface area contributed by atoms with Crippen LogP contribution in [0.1, 0.15) is 28.9 Å². The van der Waals surface area contributed by atoms with Crippen LogP contribution in [0.15, 0.2) is 35.3 Å². The molecule has 1 atom stereocenters. The van der Waals surface area contributed by atoms with Crippen LogP contribution in [0.3, 0.4) is 0 Å². The number of aromatic nitrogens is 1. The number of aliphatic hydroxyl groups is 2. The highest BCUT2D eigenvalue weighted by molar-refractivity contribution is 6.31. The quantitative estimate of drug-likeness (QED) is 0.0778. The number of rotatable bonds is 7. The molecule has 0 spiro atoms. The number of pyridine rings is 1. The number of methoxy groups -OCH3 is 1. The number of phenolic OH excluding ortho intramolecular Hbond substituents is 5. The molecule has 0 radical (unpaired) electrons. The number of carbonyl (C=O) groups excluding carboxylic acids is 2. The number of halogens is 1. The van der Waals surface area contributed by atoms with E-state index < -0.39 is 51.7 Å². The van der Waals surface area contributed by atoms with Gasteiger partial charge >= 0.3 is 0 Å². The van der Waals surface area contributed by atoms with Gasteiger partial charge < -0.3 is 45.3 Å². The predicted molar refractivity (Wildman–Crippen MR) is 124 cm³/mol. The summed E-state index contributed by atoms with van der Waals surface area (Å²) in [7, 11) is 1.19. The zero-order chi connectivity index (χ0) is 27.1. The smallest absolute Gasteiger partial charge is 0.252 e. The van der Waals surface area contributed by atoms with Crippen LogP contribution < -0.4 is 10.3 Å². The first-order valence-electron chi connectivity index (χ1n) is 9.98. The fourth-order valence-corrected chi connectivity index (χ4v) is 3.87. The summed E-state index contributed by atoms with van der Waals surface area (Å²) in [6.45, 7) is 1.29. The van der Waals surface area contributed by atoms with Crippen LogP contribution in [0.5, 0.6) is 34.5 Å². The second kappa shape index (κ2) is 9.41. The second-order valence-electron chi connectivity index (χ2n) is 7.67. The highest BCUT2D eigenvalue weighted by atomic mass is 35.5. The molecule has 1 unspecified atom stereocenters. The van der Waals surface area contributed by atoms with Crippen molar-refractivity contribution in [2.45, 2.75) is 18.8 Å². The molecule has 0 amide bonds. The molecule has 0 aliphatic carbocycles. The van der Waals surface area contributed by atoms with Crippen LogP contribution in [0, 0.1) is 0 Å². The molecule has 3 aromatic rings. The fraction of sp³-hybridized carbons (Fsp3) is 0.174. The summed E-state index contributed by atoms with van der Waals surface area (Å²) >= 11 is 6.05. The zero-order valence-electron chi connectivity index (χ0n) is 18.6. The normalized spacial score (nSPS) is 12.2. The number of nitrogens with zero attached hydrogens (tertiary/aromatic N) is 1. The highest BCUT2D eigenvalue weighted by Crippen LogP contribution is 2.55. The van der Waals surface area contributed by atoms with Gasteiger partial charge in [-0.25, -0.2) is 0 Å². The van der Waals surface area contributed by atoms with Gasteiger partial charge in [0.25, 0.3) is 5.56 Å². The molecule has 2 aromatic carbocycles. The third kappa shape index (κ3) is 4.17. The number of hydrogen-bond acceptors (Lipinski definition) is 11. The Labute approximate surface area is 207 Å². The first-order valence-corrected chi connectivity index (χ1v) is 10.4. The minimum Gasteiger partial charge on any atom is -0.504 e. The first kappa shape index (κ1) is 26.3. The van der Waals surface area contributed by atoms with E-state index in [1.165, 1.54) is 32.2 Å². The number of Topliss-reactive ketones (excluding diaryl/α,β-unsaturated/α-hetero) is 1. The number of aromatic hydroxyl groups is 5. The Bertz CT molecular complexity index is 1420. The van der Waals surface area contributed by atoms with Gasteiger partial charge in [-0.2, -0.15) is 0 Å². The maximum atomic E-state index is 13.0. The van der Waals surface area contributed by atoms with Crippen molar-refractivity contribution in [3.05, 3.63) is 57.0 Å². The second-order valence-corrected chi connectivity index (χ2v) is 8.11.